The molecule has 0 heterocycles. The molecule has 58 valence electrons. The second-order valence-corrected chi connectivity index (χ2v) is 3.56. The van der Waals surface area contributed by atoms with Gasteiger partial charge in [0.1, 0.15) is 5.78 Å². The first-order chi connectivity index (χ1) is 4.59. The summed E-state index contributed by atoms with van der Waals surface area (Å²) in [6.07, 6.45) is 1.51. The van der Waals surface area contributed by atoms with Crippen LogP contribution in [0.5, 0.6) is 0 Å². The minimum absolute atomic E-state index is 0.152. The molecule has 0 saturated heterocycles. The number of hydrogen-bond acceptors (Lipinski definition) is 2. The Bertz CT molecular complexity index is 149. The zero-order chi connectivity index (χ0) is 7.78. The van der Waals surface area contributed by atoms with E-state index in [9.17, 15) is 4.79 Å². The van der Waals surface area contributed by atoms with Gasteiger partial charge in [0.05, 0.1) is 0 Å². The summed E-state index contributed by atoms with van der Waals surface area (Å²) in [5, 5.41) is 8.87. The van der Waals surface area contributed by atoms with Crippen molar-refractivity contribution in [2.75, 3.05) is 6.61 Å². The van der Waals surface area contributed by atoms with Crippen LogP contribution in [-0.2, 0) is 4.79 Å². The largest absolute Gasteiger partial charge is 0.396 e. The Labute approximate surface area is 61.2 Å². The summed E-state index contributed by atoms with van der Waals surface area (Å²) in [7, 11) is 0. The molecule has 0 spiro atoms. The summed E-state index contributed by atoms with van der Waals surface area (Å²) >= 11 is 0. The highest BCUT2D eigenvalue weighted by molar-refractivity contribution is 5.86. The highest BCUT2D eigenvalue weighted by Crippen LogP contribution is 2.38. The number of carbonyl (C=O) groups excluding carboxylic acids is 1. The average Bonchev–Trinajstić information content (AvgIpc) is 2.10. The van der Waals surface area contributed by atoms with Crippen LogP contribution in [0.4, 0.5) is 0 Å². The van der Waals surface area contributed by atoms with Gasteiger partial charge in [-0.3, -0.25) is 4.79 Å². The van der Waals surface area contributed by atoms with Crippen molar-refractivity contribution in [2.45, 2.75) is 26.7 Å². The van der Waals surface area contributed by atoms with Crippen molar-refractivity contribution in [1.82, 2.24) is 0 Å². The highest BCUT2D eigenvalue weighted by Gasteiger charge is 2.41. The molecule has 1 aliphatic carbocycles. The van der Waals surface area contributed by atoms with Crippen LogP contribution >= 0.6 is 0 Å². The quantitative estimate of drug-likeness (QED) is 0.592. The smallest absolute Gasteiger partial charge is 0.138 e. The lowest BCUT2D eigenvalue weighted by Gasteiger charge is -2.22. The molecule has 0 aromatic carbocycles. The Hall–Kier alpha value is -0.370. The van der Waals surface area contributed by atoms with Crippen LogP contribution in [0.1, 0.15) is 26.7 Å². The molecule has 1 aliphatic rings. The fourth-order valence-electron chi connectivity index (χ4n) is 1.54. The Morgan fingerprint density at radius 3 is 2.50 bits per heavy atom. The van der Waals surface area contributed by atoms with E-state index in [2.05, 4.69) is 0 Å². The summed E-state index contributed by atoms with van der Waals surface area (Å²) in [6.45, 7) is 3.99. The van der Waals surface area contributed by atoms with E-state index >= 15 is 0 Å². The van der Waals surface area contributed by atoms with Gasteiger partial charge in [-0.1, -0.05) is 13.8 Å². The number of Topliss-reactive ketones (excluding diaryl/α,β-unsaturated/α-hetero) is 1. The van der Waals surface area contributed by atoms with E-state index in [-0.39, 0.29) is 17.9 Å². The van der Waals surface area contributed by atoms with E-state index in [4.69, 9.17) is 5.11 Å². The van der Waals surface area contributed by atoms with Gasteiger partial charge in [-0.2, -0.15) is 0 Å². The van der Waals surface area contributed by atoms with Gasteiger partial charge in [0.25, 0.3) is 0 Å². The first-order valence-corrected chi connectivity index (χ1v) is 3.73. The Morgan fingerprint density at radius 2 is 2.30 bits per heavy atom. The maximum Gasteiger partial charge on any atom is 0.138 e. The van der Waals surface area contributed by atoms with E-state index in [1.165, 1.54) is 0 Å². The van der Waals surface area contributed by atoms with Gasteiger partial charge >= 0.3 is 0 Å². The summed E-state index contributed by atoms with van der Waals surface area (Å²) in [5.74, 6) is 0.492. The normalized spacial score (nSPS) is 31.1. The standard InChI is InChI=1S/C8H14O2/c1-8(2)6(5-9)3-4-7(8)10/h6,9H,3-5H2,1-2H3. The van der Waals surface area contributed by atoms with Crippen molar-refractivity contribution in [3.63, 3.8) is 0 Å². The zero-order valence-electron chi connectivity index (χ0n) is 6.55. The predicted octanol–water partition coefficient (Wildman–Crippen LogP) is 0.984. The third-order valence-electron chi connectivity index (χ3n) is 2.68. The van der Waals surface area contributed by atoms with Crippen LogP contribution in [0.3, 0.4) is 0 Å². The lowest BCUT2D eigenvalue weighted by atomic mass is 9.82. The second kappa shape index (κ2) is 2.35. The molecular formula is C8H14O2. The highest BCUT2D eigenvalue weighted by atomic mass is 16.3. The predicted molar refractivity (Wildman–Crippen MR) is 38.6 cm³/mol. The van der Waals surface area contributed by atoms with Gasteiger partial charge in [0.15, 0.2) is 0 Å². The lowest BCUT2D eigenvalue weighted by molar-refractivity contribution is -0.125. The molecule has 10 heavy (non-hydrogen) atoms. The average molecular weight is 142 g/mol. The number of ketones is 1. The third kappa shape index (κ3) is 0.966. The molecule has 1 atom stereocenters. The van der Waals surface area contributed by atoms with Gasteiger partial charge in [-0.15, -0.1) is 0 Å². The van der Waals surface area contributed by atoms with Crippen molar-refractivity contribution >= 4 is 5.78 Å². The molecule has 1 saturated carbocycles. The lowest BCUT2D eigenvalue weighted by Crippen LogP contribution is -2.27. The molecule has 0 aliphatic heterocycles. The molecule has 1 N–H and O–H groups in total. The molecule has 0 radical (unpaired) electrons. The topological polar surface area (TPSA) is 37.3 Å². The Balaban J connectivity index is 2.73. The van der Waals surface area contributed by atoms with Crippen molar-refractivity contribution in [3.05, 3.63) is 0 Å². The van der Waals surface area contributed by atoms with Crippen molar-refractivity contribution in [3.8, 4) is 0 Å². The SMILES string of the molecule is CC1(C)C(=O)CCC1CO. The van der Waals surface area contributed by atoms with E-state index in [1.54, 1.807) is 0 Å². The zero-order valence-corrected chi connectivity index (χ0v) is 6.55. The summed E-state index contributed by atoms with van der Waals surface area (Å²) < 4.78 is 0. The van der Waals surface area contributed by atoms with Crippen LogP contribution in [0.2, 0.25) is 0 Å². The fourth-order valence-corrected chi connectivity index (χ4v) is 1.54. The van der Waals surface area contributed by atoms with Crippen LogP contribution in [0.25, 0.3) is 0 Å². The first-order valence-electron chi connectivity index (χ1n) is 3.73. The van der Waals surface area contributed by atoms with Gasteiger partial charge in [-0.05, 0) is 12.3 Å². The molecule has 1 unspecified atom stereocenters. The maximum atomic E-state index is 11.2. The van der Waals surface area contributed by atoms with Gasteiger partial charge in [-0.25, -0.2) is 0 Å². The summed E-state index contributed by atoms with van der Waals surface area (Å²) in [5.41, 5.74) is -0.269. The van der Waals surface area contributed by atoms with E-state index < -0.39 is 0 Å². The van der Waals surface area contributed by atoms with Crippen LogP contribution in [0.15, 0.2) is 0 Å². The summed E-state index contributed by atoms with van der Waals surface area (Å²) in [6, 6.07) is 0. The first kappa shape index (κ1) is 7.73. The molecule has 1 rings (SSSR count). The summed E-state index contributed by atoms with van der Waals surface area (Å²) in [4.78, 5) is 11.2. The van der Waals surface area contributed by atoms with Gasteiger partial charge in [0, 0.05) is 18.4 Å². The number of rotatable bonds is 1. The molecule has 2 heteroatoms. The van der Waals surface area contributed by atoms with Gasteiger partial charge in [0.2, 0.25) is 0 Å². The number of hydrogen-bond donors (Lipinski definition) is 1. The van der Waals surface area contributed by atoms with Crippen molar-refractivity contribution < 1.29 is 9.90 Å². The van der Waals surface area contributed by atoms with Crippen LogP contribution < -0.4 is 0 Å². The third-order valence-corrected chi connectivity index (χ3v) is 2.68. The molecule has 0 aromatic rings. The molecule has 0 amide bonds. The van der Waals surface area contributed by atoms with E-state index in [1.807, 2.05) is 13.8 Å². The monoisotopic (exact) mass is 142 g/mol. The number of aliphatic hydroxyl groups excluding tert-OH is 1. The van der Waals surface area contributed by atoms with Crippen molar-refractivity contribution in [2.24, 2.45) is 11.3 Å². The van der Waals surface area contributed by atoms with Crippen LogP contribution in [-0.4, -0.2) is 17.5 Å². The number of aliphatic hydroxyl groups is 1. The van der Waals surface area contributed by atoms with Crippen molar-refractivity contribution in [1.29, 1.82) is 0 Å². The Morgan fingerprint density at radius 1 is 1.70 bits per heavy atom. The maximum absolute atomic E-state index is 11.2. The second-order valence-electron chi connectivity index (χ2n) is 3.56. The molecular weight excluding hydrogens is 128 g/mol. The minimum Gasteiger partial charge on any atom is -0.396 e. The molecule has 1 fully saturated rings. The fraction of sp³-hybridized carbons (Fsp3) is 0.875. The van der Waals surface area contributed by atoms with E-state index in [0.29, 0.717) is 12.2 Å². The number of carbonyl (C=O) groups is 1. The molecule has 0 bridgehead atoms. The van der Waals surface area contributed by atoms with Gasteiger partial charge < -0.3 is 5.11 Å². The van der Waals surface area contributed by atoms with E-state index in [0.717, 1.165) is 6.42 Å². The molecule has 0 aromatic heterocycles. The minimum atomic E-state index is -0.269. The molecule has 2 nitrogen and oxygen atoms in total. The Kier molecular flexibility index (Phi) is 1.82. The van der Waals surface area contributed by atoms with Crippen LogP contribution in [0, 0.1) is 11.3 Å².